The molecule has 0 atom stereocenters. The molecule has 0 aliphatic rings. The van der Waals surface area contributed by atoms with Crippen molar-refractivity contribution in [2.45, 2.75) is 6.92 Å². The van der Waals surface area contributed by atoms with Crippen molar-refractivity contribution in [3.8, 4) is 11.3 Å². The average Bonchev–Trinajstić information content (AvgIpc) is 2.69. The zero-order valence-electron chi connectivity index (χ0n) is 15.1. The molecular formula is C24H21N2+. The molecule has 2 nitrogen and oxygen atoms in total. The number of hydrogen-bond donors (Lipinski definition) is 0. The quantitative estimate of drug-likeness (QED) is 0.352. The summed E-state index contributed by atoms with van der Waals surface area (Å²) < 4.78 is 2.15. The Labute approximate surface area is 154 Å². The van der Waals surface area contributed by atoms with E-state index < -0.39 is 0 Å². The zero-order valence-corrected chi connectivity index (χ0v) is 15.1. The van der Waals surface area contributed by atoms with Crippen LogP contribution in [0.15, 0.2) is 89.9 Å². The number of aromatic nitrogens is 1. The van der Waals surface area contributed by atoms with E-state index in [2.05, 4.69) is 79.2 Å². The molecule has 1 heterocycles. The molecule has 2 heteroatoms. The van der Waals surface area contributed by atoms with E-state index in [1.165, 1.54) is 21.9 Å². The normalized spacial score (nSPS) is 11.3. The van der Waals surface area contributed by atoms with Crippen molar-refractivity contribution >= 4 is 22.8 Å². The van der Waals surface area contributed by atoms with Crippen LogP contribution in [0.5, 0.6) is 0 Å². The highest BCUT2D eigenvalue weighted by Crippen LogP contribution is 2.28. The van der Waals surface area contributed by atoms with E-state index in [4.69, 9.17) is 4.99 Å². The number of fused-ring (bicyclic) bond motifs is 1. The van der Waals surface area contributed by atoms with Gasteiger partial charge in [0.15, 0.2) is 0 Å². The van der Waals surface area contributed by atoms with Gasteiger partial charge in [-0.25, -0.2) is 4.57 Å². The molecule has 1 aromatic heterocycles. The van der Waals surface area contributed by atoms with Gasteiger partial charge in [-0.3, -0.25) is 0 Å². The summed E-state index contributed by atoms with van der Waals surface area (Å²) in [5.74, 6) is 0.930. The lowest BCUT2D eigenvalue weighted by molar-refractivity contribution is -0.647. The van der Waals surface area contributed by atoms with Gasteiger partial charge < -0.3 is 0 Å². The third-order valence-electron chi connectivity index (χ3n) is 4.82. The van der Waals surface area contributed by atoms with Crippen LogP contribution in [0.25, 0.3) is 22.0 Å². The van der Waals surface area contributed by atoms with E-state index in [0.717, 1.165) is 17.1 Å². The number of benzene rings is 3. The Bertz CT molecular complexity index is 1100. The summed E-state index contributed by atoms with van der Waals surface area (Å²) in [6.07, 6.45) is 1.91. The van der Waals surface area contributed by atoms with Crippen LogP contribution in [0.2, 0.25) is 0 Å². The lowest BCUT2D eigenvalue weighted by Crippen LogP contribution is -2.31. The first-order valence-corrected chi connectivity index (χ1v) is 8.81. The summed E-state index contributed by atoms with van der Waals surface area (Å²) in [7, 11) is 2.07. The Morgan fingerprint density at radius 3 is 2.38 bits per heavy atom. The third-order valence-corrected chi connectivity index (χ3v) is 4.82. The highest BCUT2D eigenvalue weighted by atomic mass is 15.0. The van der Waals surface area contributed by atoms with E-state index in [-0.39, 0.29) is 0 Å². The van der Waals surface area contributed by atoms with E-state index in [0.29, 0.717) is 0 Å². The van der Waals surface area contributed by atoms with Crippen molar-refractivity contribution < 1.29 is 4.57 Å². The maximum absolute atomic E-state index is 4.69. The smallest absolute Gasteiger partial charge is 0.226 e. The van der Waals surface area contributed by atoms with Gasteiger partial charge in [-0.15, -0.1) is 0 Å². The fourth-order valence-corrected chi connectivity index (χ4v) is 3.36. The Morgan fingerprint density at radius 2 is 1.54 bits per heavy atom. The second kappa shape index (κ2) is 6.93. The number of aryl methyl sites for hydroxylation is 1. The van der Waals surface area contributed by atoms with Gasteiger partial charge in [0, 0.05) is 17.2 Å². The first-order valence-electron chi connectivity index (χ1n) is 8.81. The van der Waals surface area contributed by atoms with Gasteiger partial charge in [0.05, 0.1) is 7.05 Å². The van der Waals surface area contributed by atoms with Crippen LogP contribution in [-0.2, 0) is 7.05 Å². The SMILES string of the molecule is Cc1c(-c2cccc(N=Cc3ccccc3)[n+]2C)ccc2ccccc12. The monoisotopic (exact) mass is 337 g/mol. The van der Waals surface area contributed by atoms with Gasteiger partial charge in [0.2, 0.25) is 0 Å². The predicted octanol–water partition coefficient (Wildman–Crippen LogP) is 5.39. The molecular weight excluding hydrogens is 316 g/mol. The van der Waals surface area contributed by atoms with E-state index in [9.17, 15) is 0 Å². The Morgan fingerprint density at radius 1 is 0.769 bits per heavy atom. The molecule has 4 rings (SSSR count). The van der Waals surface area contributed by atoms with Gasteiger partial charge in [0.1, 0.15) is 11.9 Å². The number of nitrogens with zero attached hydrogens (tertiary/aromatic N) is 2. The highest BCUT2D eigenvalue weighted by Gasteiger charge is 2.14. The maximum atomic E-state index is 4.69. The molecule has 0 unspecified atom stereocenters. The second-order valence-electron chi connectivity index (χ2n) is 6.46. The van der Waals surface area contributed by atoms with Gasteiger partial charge in [-0.2, -0.15) is 0 Å². The van der Waals surface area contributed by atoms with E-state index >= 15 is 0 Å². The molecule has 26 heavy (non-hydrogen) atoms. The summed E-state index contributed by atoms with van der Waals surface area (Å²) in [6.45, 7) is 2.19. The molecule has 126 valence electrons. The molecule has 0 aliphatic heterocycles. The van der Waals surface area contributed by atoms with Gasteiger partial charge in [-0.1, -0.05) is 60.7 Å². The van der Waals surface area contributed by atoms with Crippen LogP contribution in [0.1, 0.15) is 11.1 Å². The Kier molecular flexibility index (Phi) is 4.32. The van der Waals surface area contributed by atoms with Crippen molar-refractivity contribution in [2.75, 3.05) is 0 Å². The van der Waals surface area contributed by atoms with Gasteiger partial charge in [0.25, 0.3) is 0 Å². The summed E-state index contributed by atoms with van der Waals surface area (Å²) in [4.78, 5) is 4.69. The molecule has 0 fully saturated rings. The summed E-state index contributed by atoms with van der Waals surface area (Å²) >= 11 is 0. The molecule has 4 aromatic rings. The molecule has 3 aromatic carbocycles. The van der Waals surface area contributed by atoms with Crippen LogP contribution < -0.4 is 4.57 Å². The predicted molar refractivity (Wildman–Crippen MR) is 109 cm³/mol. The number of rotatable bonds is 3. The van der Waals surface area contributed by atoms with Crippen molar-refractivity contribution in [3.05, 3.63) is 96.1 Å². The van der Waals surface area contributed by atoms with Crippen molar-refractivity contribution in [1.82, 2.24) is 0 Å². The lowest BCUT2D eigenvalue weighted by Gasteiger charge is -2.10. The van der Waals surface area contributed by atoms with Crippen LogP contribution in [0, 0.1) is 6.92 Å². The molecule has 0 radical (unpaired) electrons. The van der Waals surface area contributed by atoms with E-state index in [1.54, 1.807) is 0 Å². The standard InChI is InChI=1S/C24H21N2/c1-18-21-12-7-6-11-20(21)15-16-22(18)23-13-8-14-24(26(23)2)25-17-19-9-4-3-5-10-19/h3-17H,1-2H3/q+1. The van der Waals surface area contributed by atoms with Gasteiger partial charge in [-0.05, 0) is 46.5 Å². The molecule has 0 saturated heterocycles. The third kappa shape index (κ3) is 3.02. The largest absolute Gasteiger partial charge is 0.323 e. The van der Waals surface area contributed by atoms with Crippen LogP contribution >= 0.6 is 0 Å². The van der Waals surface area contributed by atoms with Gasteiger partial charge >= 0.3 is 5.82 Å². The first-order chi connectivity index (χ1) is 12.7. The number of pyridine rings is 1. The van der Waals surface area contributed by atoms with Crippen LogP contribution in [0.3, 0.4) is 0 Å². The fraction of sp³-hybridized carbons (Fsp3) is 0.0833. The molecule has 0 aliphatic carbocycles. The maximum Gasteiger partial charge on any atom is 0.323 e. The molecule has 0 amide bonds. The highest BCUT2D eigenvalue weighted by molar-refractivity contribution is 5.90. The van der Waals surface area contributed by atoms with Crippen LogP contribution in [0.4, 0.5) is 5.82 Å². The topological polar surface area (TPSA) is 16.2 Å². The number of hydrogen-bond acceptors (Lipinski definition) is 1. The zero-order chi connectivity index (χ0) is 17.9. The second-order valence-corrected chi connectivity index (χ2v) is 6.46. The Balaban J connectivity index is 1.79. The van der Waals surface area contributed by atoms with E-state index in [1.807, 2.05) is 30.5 Å². The van der Waals surface area contributed by atoms with Crippen molar-refractivity contribution in [1.29, 1.82) is 0 Å². The minimum atomic E-state index is 0.930. The average molecular weight is 337 g/mol. The summed E-state index contributed by atoms with van der Waals surface area (Å²) in [6, 6.07) is 29.4. The molecule has 0 bridgehead atoms. The van der Waals surface area contributed by atoms with Crippen molar-refractivity contribution in [2.24, 2.45) is 12.0 Å². The first kappa shape index (κ1) is 16.2. The summed E-state index contributed by atoms with van der Waals surface area (Å²) in [5, 5.41) is 2.57. The molecule has 0 N–H and O–H groups in total. The number of aliphatic imine (C=N–C) groups is 1. The van der Waals surface area contributed by atoms with Crippen molar-refractivity contribution in [3.63, 3.8) is 0 Å². The molecule has 0 saturated carbocycles. The molecule has 0 spiro atoms. The minimum absolute atomic E-state index is 0.930. The van der Waals surface area contributed by atoms with Crippen LogP contribution in [-0.4, -0.2) is 6.21 Å². The fourth-order valence-electron chi connectivity index (χ4n) is 3.36. The summed E-state index contributed by atoms with van der Waals surface area (Å²) in [5.41, 5.74) is 4.79. The lowest BCUT2D eigenvalue weighted by atomic mass is 9.97. The Hall–Kier alpha value is -3.26. The minimum Gasteiger partial charge on any atom is -0.226 e.